The van der Waals surface area contributed by atoms with E-state index in [-0.39, 0.29) is 24.9 Å². The van der Waals surface area contributed by atoms with Crippen molar-refractivity contribution in [2.24, 2.45) is 5.92 Å². The van der Waals surface area contributed by atoms with E-state index in [9.17, 15) is 32.3 Å². The number of aliphatic carboxylic acids is 1. The summed E-state index contributed by atoms with van der Waals surface area (Å²) in [4.78, 5) is 28.7. The first kappa shape index (κ1) is 24.7. The lowest BCUT2D eigenvalue weighted by Crippen LogP contribution is -2.38. The minimum atomic E-state index is -4.43. The summed E-state index contributed by atoms with van der Waals surface area (Å²) in [5.41, 5.74) is 1.30. The van der Waals surface area contributed by atoms with Crippen LogP contribution < -0.4 is 5.32 Å². The minimum absolute atomic E-state index is 0.00420. The topological polar surface area (TPSA) is 84.2 Å². The maximum Gasteiger partial charge on any atom is 0.416 e. The molecule has 3 aromatic rings. The largest absolute Gasteiger partial charge is 0.481 e. The predicted molar refractivity (Wildman–Crippen MR) is 121 cm³/mol. The van der Waals surface area contributed by atoms with E-state index in [0.29, 0.717) is 53.4 Å². The van der Waals surface area contributed by atoms with Crippen LogP contribution in [0.4, 0.5) is 17.6 Å². The smallest absolute Gasteiger partial charge is 0.416 e. The fourth-order valence-electron chi connectivity index (χ4n) is 4.64. The van der Waals surface area contributed by atoms with Gasteiger partial charge in [-0.1, -0.05) is 12.1 Å². The predicted octanol–water partition coefficient (Wildman–Crippen LogP) is 4.99. The van der Waals surface area contributed by atoms with Crippen LogP contribution in [-0.4, -0.2) is 39.3 Å². The van der Waals surface area contributed by atoms with Crippen LogP contribution in [0.25, 0.3) is 11.0 Å². The van der Waals surface area contributed by atoms with Gasteiger partial charge in [0.25, 0.3) is 5.91 Å². The molecule has 1 saturated carbocycles. The molecular weight excluding hydrogens is 466 g/mol. The zero-order valence-electron chi connectivity index (χ0n) is 18.8. The molecule has 35 heavy (non-hydrogen) atoms. The molecule has 1 aliphatic carbocycles. The molecule has 1 fully saturated rings. The summed E-state index contributed by atoms with van der Waals surface area (Å²) in [5.74, 6) is -1.61. The first-order chi connectivity index (χ1) is 16.7. The van der Waals surface area contributed by atoms with Gasteiger partial charge in [0.2, 0.25) is 0 Å². The lowest BCUT2D eigenvalue weighted by Gasteiger charge is -2.26. The van der Waals surface area contributed by atoms with Gasteiger partial charge < -0.3 is 15.0 Å². The van der Waals surface area contributed by atoms with Crippen molar-refractivity contribution in [1.29, 1.82) is 0 Å². The highest BCUT2D eigenvalue weighted by Gasteiger charge is 2.30. The number of nitrogens with one attached hydrogen (secondary N) is 1. The lowest BCUT2D eigenvalue weighted by molar-refractivity contribution is -0.143. The van der Waals surface area contributed by atoms with Crippen molar-refractivity contribution in [3.63, 3.8) is 0 Å². The molecule has 186 valence electrons. The molecule has 10 heteroatoms. The van der Waals surface area contributed by atoms with E-state index in [1.807, 2.05) is 0 Å². The number of carbonyl (C=O) groups is 2. The normalized spacial score (nSPS) is 18.5. The van der Waals surface area contributed by atoms with Crippen molar-refractivity contribution < 1.29 is 32.3 Å². The highest BCUT2D eigenvalue weighted by atomic mass is 19.4. The number of rotatable bonds is 7. The molecule has 0 bridgehead atoms. The molecule has 4 rings (SSSR count). The third-order valence-corrected chi connectivity index (χ3v) is 6.50. The summed E-state index contributed by atoms with van der Waals surface area (Å²) in [6.07, 6.45) is 0.957. The van der Waals surface area contributed by atoms with Gasteiger partial charge in [0.15, 0.2) is 0 Å². The first-order valence-electron chi connectivity index (χ1n) is 11.4. The third-order valence-electron chi connectivity index (χ3n) is 6.50. The molecule has 2 N–H and O–H groups in total. The van der Waals surface area contributed by atoms with E-state index in [0.717, 1.165) is 12.1 Å². The Morgan fingerprint density at radius 1 is 1.09 bits per heavy atom. The molecular formula is C25H25F4N3O3. The van der Waals surface area contributed by atoms with Crippen molar-refractivity contribution in [3.05, 3.63) is 65.0 Å². The first-order valence-corrected chi connectivity index (χ1v) is 11.4. The average molecular weight is 491 g/mol. The summed E-state index contributed by atoms with van der Waals surface area (Å²) in [7, 11) is 0. The number of hydrogen-bond donors (Lipinski definition) is 2. The minimum Gasteiger partial charge on any atom is -0.481 e. The summed E-state index contributed by atoms with van der Waals surface area (Å²) in [5, 5.41) is 12.7. The van der Waals surface area contributed by atoms with Gasteiger partial charge in [-0.3, -0.25) is 9.59 Å². The molecule has 0 atom stereocenters. The van der Waals surface area contributed by atoms with Gasteiger partial charge >= 0.3 is 12.1 Å². The zero-order chi connectivity index (χ0) is 25.2. The van der Waals surface area contributed by atoms with E-state index in [2.05, 4.69) is 10.3 Å². The number of hydrogen-bond acceptors (Lipinski definition) is 3. The Balaban J connectivity index is 1.62. The maximum absolute atomic E-state index is 13.2. The van der Waals surface area contributed by atoms with Crippen molar-refractivity contribution in [2.45, 2.75) is 50.9 Å². The molecule has 2 heterocycles. The van der Waals surface area contributed by atoms with Crippen LogP contribution in [0.3, 0.4) is 0 Å². The Kier molecular flexibility index (Phi) is 7.09. The van der Waals surface area contributed by atoms with E-state index in [1.54, 1.807) is 16.8 Å². The van der Waals surface area contributed by atoms with E-state index >= 15 is 0 Å². The fourth-order valence-corrected chi connectivity index (χ4v) is 4.64. The van der Waals surface area contributed by atoms with Gasteiger partial charge in [-0.05, 0) is 61.4 Å². The number of amides is 1. The number of halogens is 4. The Morgan fingerprint density at radius 3 is 2.37 bits per heavy atom. The number of aromatic nitrogens is 2. The number of fused-ring (bicyclic) bond motifs is 1. The van der Waals surface area contributed by atoms with Gasteiger partial charge in [-0.25, -0.2) is 9.37 Å². The van der Waals surface area contributed by atoms with Crippen LogP contribution in [-0.2, 0) is 23.9 Å². The molecule has 6 nitrogen and oxygen atoms in total. The van der Waals surface area contributed by atoms with E-state index < -0.39 is 30.3 Å². The molecule has 2 aromatic heterocycles. The summed E-state index contributed by atoms with van der Waals surface area (Å²) in [6, 6.07) is 6.36. The van der Waals surface area contributed by atoms with Gasteiger partial charge in [-0.2, -0.15) is 13.2 Å². The number of benzene rings is 1. The second kappa shape index (κ2) is 10.1. The molecule has 0 spiro atoms. The Labute approximate surface area is 199 Å². The fraction of sp³-hybridized carbons (Fsp3) is 0.400. The summed E-state index contributed by atoms with van der Waals surface area (Å²) < 4.78 is 53.5. The standard InChI is InChI=1S/C25H25F4N3O3/c26-10-12-32-14-20(23(33)31-19-7-3-16(4-8-19)24(34)35)21-17(9-11-30-22(21)32)13-15-1-5-18(6-2-15)25(27,28)29/h1-2,5-6,9,11,14,16,19H,3-4,7-8,10,12-13H2,(H,31,33)(H,34,35)/t16-,19+. The Hall–Kier alpha value is -3.43. The summed E-state index contributed by atoms with van der Waals surface area (Å²) >= 11 is 0. The molecule has 1 aliphatic rings. The molecule has 0 unspecified atom stereocenters. The third kappa shape index (κ3) is 5.47. The molecule has 0 saturated heterocycles. The summed E-state index contributed by atoms with van der Waals surface area (Å²) in [6.45, 7) is -0.654. The number of carboxylic acids is 1. The van der Waals surface area contributed by atoms with E-state index in [4.69, 9.17) is 0 Å². The lowest BCUT2D eigenvalue weighted by atomic mass is 9.86. The second-order valence-electron chi connectivity index (χ2n) is 8.83. The molecule has 0 radical (unpaired) electrons. The van der Waals surface area contributed by atoms with Gasteiger partial charge in [0.05, 0.1) is 23.6 Å². The van der Waals surface area contributed by atoms with Crippen LogP contribution in [0.5, 0.6) is 0 Å². The van der Waals surface area contributed by atoms with Crippen LogP contribution in [0.1, 0.15) is 52.7 Å². The number of alkyl halides is 4. The van der Waals surface area contributed by atoms with Crippen molar-refractivity contribution in [2.75, 3.05) is 6.67 Å². The molecule has 1 amide bonds. The molecule has 1 aromatic carbocycles. The SMILES string of the molecule is O=C(N[C@H]1CC[C@@H](C(=O)O)CC1)c1cn(CCF)c2nccc(Cc3ccc(C(F)(F)F)cc3)c12. The highest BCUT2D eigenvalue weighted by Crippen LogP contribution is 2.31. The highest BCUT2D eigenvalue weighted by molar-refractivity contribution is 6.07. The average Bonchev–Trinajstić information content (AvgIpc) is 3.19. The number of pyridine rings is 1. The van der Waals surface area contributed by atoms with Crippen LogP contribution in [0.15, 0.2) is 42.7 Å². The number of carboxylic acid groups (broad SMARTS) is 1. The van der Waals surface area contributed by atoms with Crippen molar-refractivity contribution in [1.82, 2.24) is 14.9 Å². The molecule has 0 aliphatic heterocycles. The Bertz CT molecular complexity index is 1210. The maximum atomic E-state index is 13.2. The van der Waals surface area contributed by atoms with Gasteiger partial charge in [-0.15, -0.1) is 0 Å². The van der Waals surface area contributed by atoms with Crippen LogP contribution in [0.2, 0.25) is 0 Å². The van der Waals surface area contributed by atoms with Crippen LogP contribution in [0, 0.1) is 5.92 Å². The van der Waals surface area contributed by atoms with Crippen molar-refractivity contribution >= 4 is 22.9 Å². The van der Waals surface area contributed by atoms with Gasteiger partial charge in [0, 0.05) is 23.8 Å². The number of carbonyl (C=O) groups excluding carboxylic acids is 1. The van der Waals surface area contributed by atoms with E-state index in [1.165, 1.54) is 18.3 Å². The zero-order valence-corrected chi connectivity index (χ0v) is 18.8. The monoisotopic (exact) mass is 491 g/mol. The Morgan fingerprint density at radius 2 is 1.77 bits per heavy atom. The van der Waals surface area contributed by atoms with Gasteiger partial charge in [0.1, 0.15) is 12.3 Å². The number of nitrogens with zero attached hydrogens (tertiary/aromatic N) is 2. The van der Waals surface area contributed by atoms with Crippen LogP contribution >= 0.6 is 0 Å². The van der Waals surface area contributed by atoms with Crippen molar-refractivity contribution in [3.8, 4) is 0 Å². The quantitative estimate of drug-likeness (QED) is 0.456. The number of aryl methyl sites for hydroxylation is 1. The second-order valence-corrected chi connectivity index (χ2v) is 8.83.